The molecule has 22 heavy (non-hydrogen) atoms. The minimum Gasteiger partial charge on any atom is -0.480 e. The number of aliphatic imine (C=N–C) groups is 1. The molecule has 1 aromatic rings. The third-order valence-corrected chi connectivity index (χ3v) is 5.17. The second-order valence-corrected chi connectivity index (χ2v) is 7.60. The predicted molar refractivity (Wildman–Crippen MR) is 90.6 cm³/mol. The van der Waals surface area contributed by atoms with Gasteiger partial charge in [-0.2, -0.15) is 0 Å². The molecule has 0 bridgehead atoms. The molecule has 0 aromatic heterocycles. The minimum absolute atomic E-state index is 0.0837. The summed E-state index contributed by atoms with van der Waals surface area (Å²) < 4.78 is 0. The van der Waals surface area contributed by atoms with Gasteiger partial charge in [0.05, 0.1) is 11.4 Å². The van der Waals surface area contributed by atoms with Crippen molar-refractivity contribution in [2.24, 2.45) is 10.4 Å². The van der Waals surface area contributed by atoms with Gasteiger partial charge in [-0.25, -0.2) is 4.79 Å². The number of rotatable bonds is 2. The van der Waals surface area contributed by atoms with E-state index in [1.165, 1.54) is 0 Å². The second-order valence-electron chi connectivity index (χ2n) is 6.57. The lowest BCUT2D eigenvalue weighted by Crippen LogP contribution is -2.44. The smallest absolute Gasteiger partial charge is 0.326 e. The maximum atomic E-state index is 11.2. The van der Waals surface area contributed by atoms with E-state index in [4.69, 9.17) is 4.99 Å². The van der Waals surface area contributed by atoms with Crippen LogP contribution in [0.15, 0.2) is 45.9 Å². The van der Waals surface area contributed by atoms with E-state index in [9.17, 15) is 9.90 Å². The Hall–Kier alpha value is -1.75. The van der Waals surface area contributed by atoms with Crippen LogP contribution in [0.25, 0.3) is 0 Å². The van der Waals surface area contributed by atoms with E-state index in [1.54, 1.807) is 11.8 Å². The molecule has 1 unspecified atom stereocenters. The van der Waals surface area contributed by atoms with Crippen molar-refractivity contribution in [2.75, 3.05) is 5.75 Å². The van der Waals surface area contributed by atoms with Crippen LogP contribution in [-0.4, -0.2) is 28.6 Å². The molecule has 4 nitrogen and oxygen atoms in total. The Balaban J connectivity index is 1.97. The van der Waals surface area contributed by atoms with Gasteiger partial charge in [0.2, 0.25) is 0 Å². The molecular weight excluding hydrogens is 296 g/mol. The van der Waals surface area contributed by atoms with E-state index in [1.807, 2.05) is 30.3 Å². The Kier molecular flexibility index (Phi) is 4.00. The van der Waals surface area contributed by atoms with E-state index < -0.39 is 12.0 Å². The van der Waals surface area contributed by atoms with Crippen molar-refractivity contribution < 1.29 is 9.90 Å². The lowest BCUT2D eigenvalue weighted by molar-refractivity contribution is -0.138. The van der Waals surface area contributed by atoms with Crippen LogP contribution in [-0.2, 0) is 4.79 Å². The fraction of sp³-hybridized carbons (Fsp3) is 0.412. The van der Waals surface area contributed by atoms with Crippen LogP contribution in [0.4, 0.5) is 5.69 Å². The molecule has 3 rings (SSSR count). The predicted octanol–water partition coefficient (Wildman–Crippen LogP) is 3.58. The summed E-state index contributed by atoms with van der Waals surface area (Å²) in [5, 5.41) is 12.4. The van der Waals surface area contributed by atoms with Crippen molar-refractivity contribution in [3.8, 4) is 0 Å². The third kappa shape index (κ3) is 3.19. The number of benzene rings is 1. The van der Waals surface area contributed by atoms with E-state index in [-0.39, 0.29) is 5.41 Å². The summed E-state index contributed by atoms with van der Waals surface area (Å²) in [5.41, 5.74) is 3.14. The van der Waals surface area contributed by atoms with E-state index in [0.29, 0.717) is 5.75 Å². The summed E-state index contributed by atoms with van der Waals surface area (Å²) >= 11 is 1.62. The van der Waals surface area contributed by atoms with Gasteiger partial charge >= 0.3 is 5.97 Å². The first kappa shape index (κ1) is 15.2. The standard InChI is InChI=1S/C17H20N2O2S/c1-17(2)8-12(18-11-6-4-3-5-7-11)15-13(9-17)19-14(10-22-15)16(20)21/h3-7,14,19H,8-10H2,1-2H3,(H,20,21). The van der Waals surface area contributed by atoms with Gasteiger partial charge < -0.3 is 10.4 Å². The first-order valence-corrected chi connectivity index (χ1v) is 8.41. The van der Waals surface area contributed by atoms with Crippen molar-refractivity contribution in [3.63, 3.8) is 0 Å². The van der Waals surface area contributed by atoms with Crippen LogP contribution >= 0.6 is 11.8 Å². The molecule has 1 heterocycles. The zero-order valence-corrected chi connectivity index (χ0v) is 13.6. The number of thioether (sulfide) groups is 1. The van der Waals surface area contributed by atoms with Gasteiger partial charge in [-0.15, -0.1) is 11.8 Å². The highest BCUT2D eigenvalue weighted by Gasteiger charge is 2.36. The van der Waals surface area contributed by atoms with Crippen molar-refractivity contribution >= 4 is 29.1 Å². The molecule has 1 aliphatic heterocycles. The Morgan fingerprint density at radius 1 is 1.32 bits per heavy atom. The average Bonchev–Trinajstić information content (AvgIpc) is 2.46. The van der Waals surface area contributed by atoms with Crippen molar-refractivity contribution in [3.05, 3.63) is 40.9 Å². The van der Waals surface area contributed by atoms with Crippen LogP contribution in [0.1, 0.15) is 26.7 Å². The number of allylic oxidation sites excluding steroid dienone is 2. The quantitative estimate of drug-likeness (QED) is 0.875. The van der Waals surface area contributed by atoms with Crippen molar-refractivity contribution in [1.29, 1.82) is 0 Å². The van der Waals surface area contributed by atoms with Gasteiger partial charge in [-0.05, 0) is 30.4 Å². The molecule has 116 valence electrons. The largest absolute Gasteiger partial charge is 0.480 e. The molecule has 0 radical (unpaired) electrons. The van der Waals surface area contributed by atoms with Gasteiger partial charge in [0.15, 0.2) is 0 Å². The topological polar surface area (TPSA) is 61.7 Å². The van der Waals surface area contributed by atoms with Gasteiger partial charge in [0, 0.05) is 16.4 Å². The minimum atomic E-state index is -0.788. The Labute approximate surface area is 134 Å². The summed E-state index contributed by atoms with van der Waals surface area (Å²) in [5.74, 6) is -0.244. The van der Waals surface area contributed by atoms with Crippen molar-refractivity contribution in [2.45, 2.75) is 32.7 Å². The first-order chi connectivity index (χ1) is 10.4. The van der Waals surface area contributed by atoms with Crippen LogP contribution in [0, 0.1) is 5.41 Å². The maximum Gasteiger partial charge on any atom is 0.326 e. The lowest BCUT2D eigenvalue weighted by atomic mass is 9.78. The molecule has 2 N–H and O–H groups in total. The van der Waals surface area contributed by atoms with E-state index in [2.05, 4.69) is 19.2 Å². The number of hydrogen-bond donors (Lipinski definition) is 2. The molecule has 1 aliphatic carbocycles. The molecule has 2 aliphatic rings. The summed E-state index contributed by atoms with van der Waals surface area (Å²) in [6, 6.07) is 9.43. The fourth-order valence-corrected chi connectivity index (χ4v) is 4.07. The third-order valence-electron chi connectivity index (χ3n) is 3.90. The molecule has 0 fully saturated rings. The molecule has 0 spiro atoms. The average molecular weight is 316 g/mol. The number of hydrogen-bond acceptors (Lipinski definition) is 4. The maximum absolute atomic E-state index is 11.2. The molecular formula is C17H20N2O2S. The summed E-state index contributed by atoms with van der Waals surface area (Å²) in [4.78, 5) is 17.2. The number of para-hydroxylation sites is 1. The first-order valence-electron chi connectivity index (χ1n) is 7.43. The Morgan fingerprint density at radius 2 is 2.05 bits per heavy atom. The zero-order chi connectivity index (χ0) is 15.7. The highest BCUT2D eigenvalue weighted by atomic mass is 32.2. The fourth-order valence-electron chi connectivity index (χ4n) is 2.92. The number of nitrogens with zero attached hydrogens (tertiary/aromatic N) is 1. The van der Waals surface area contributed by atoms with Crippen LogP contribution < -0.4 is 5.32 Å². The SMILES string of the molecule is CC1(C)CC(=Nc2ccccc2)C2=C(C1)NC(C(=O)O)CS2. The van der Waals surface area contributed by atoms with Crippen LogP contribution in [0.5, 0.6) is 0 Å². The molecule has 5 heteroatoms. The van der Waals surface area contributed by atoms with Gasteiger partial charge in [-0.1, -0.05) is 32.0 Å². The number of carboxylic acids is 1. The molecule has 0 saturated heterocycles. The lowest BCUT2D eigenvalue weighted by Gasteiger charge is -2.38. The second kappa shape index (κ2) is 5.80. The number of carbonyl (C=O) groups is 1. The van der Waals surface area contributed by atoms with Gasteiger partial charge in [0.1, 0.15) is 6.04 Å². The number of carboxylic acid groups (broad SMARTS) is 1. The number of aliphatic carboxylic acids is 1. The van der Waals surface area contributed by atoms with Gasteiger partial charge in [-0.3, -0.25) is 4.99 Å². The monoisotopic (exact) mass is 316 g/mol. The van der Waals surface area contributed by atoms with Crippen molar-refractivity contribution in [1.82, 2.24) is 5.32 Å². The van der Waals surface area contributed by atoms with Gasteiger partial charge in [0.25, 0.3) is 0 Å². The summed E-state index contributed by atoms with van der Waals surface area (Å²) in [6.45, 7) is 4.40. The highest BCUT2D eigenvalue weighted by molar-refractivity contribution is 8.04. The molecule has 1 atom stereocenters. The van der Waals surface area contributed by atoms with E-state index in [0.717, 1.165) is 34.8 Å². The number of nitrogens with one attached hydrogen (secondary N) is 1. The highest BCUT2D eigenvalue weighted by Crippen LogP contribution is 2.43. The normalized spacial score (nSPS) is 25.5. The summed E-state index contributed by atoms with van der Waals surface area (Å²) in [7, 11) is 0. The van der Waals surface area contributed by atoms with Crippen LogP contribution in [0.2, 0.25) is 0 Å². The molecule has 0 amide bonds. The summed E-state index contributed by atoms with van der Waals surface area (Å²) in [6.07, 6.45) is 1.78. The van der Waals surface area contributed by atoms with E-state index >= 15 is 0 Å². The molecule has 0 saturated carbocycles. The molecule has 1 aromatic carbocycles. The van der Waals surface area contributed by atoms with Crippen LogP contribution in [0.3, 0.4) is 0 Å². The Bertz CT molecular complexity index is 650. The Morgan fingerprint density at radius 3 is 2.73 bits per heavy atom. The zero-order valence-electron chi connectivity index (χ0n) is 12.8.